The van der Waals surface area contributed by atoms with Gasteiger partial charge in [-0.05, 0) is 37.3 Å². The molecule has 0 radical (unpaired) electrons. The Hall–Kier alpha value is -2.27. The van der Waals surface area contributed by atoms with Crippen LogP contribution < -0.4 is 10.1 Å². The quantitative estimate of drug-likeness (QED) is 0.454. The van der Waals surface area contributed by atoms with Crippen LogP contribution in [0.1, 0.15) is 22.8 Å². The van der Waals surface area contributed by atoms with Crippen LogP contribution in [0.4, 0.5) is 0 Å². The average molecular weight is 343 g/mol. The number of benzene rings is 2. The number of nitrogens with one attached hydrogen (secondary N) is 1. The van der Waals surface area contributed by atoms with E-state index in [2.05, 4.69) is 5.32 Å². The summed E-state index contributed by atoms with van der Waals surface area (Å²) in [5, 5.41) is 2.90. The van der Waals surface area contributed by atoms with Gasteiger partial charge in [0.15, 0.2) is 5.78 Å². The summed E-state index contributed by atoms with van der Waals surface area (Å²) in [6.07, 6.45) is 0.195. The van der Waals surface area contributed by atoms with Crippen LogP contribution >= 0.6 is 11.8 Å². The number of thioether (sulfide) groups is 1. The van der Waals surface area contributed by atoms with Crippen LogP contribution in [0.25, 0.3) is 0 Å². The fourth-order valence-electron chi connectivity index (χ4n) is 2.25. The first kappa shape index (κ1) is 18.1. The predicted molar refractivity (Wildman–Crippen MR) is 96.9 cm³/mol. The van der Waals surface area contributed by atoms with Gasteiger partial charge in [-0.1, -0.05) is 18.2 Å². The van der Waals surface area contributed by atoms with Gasteiger partial charge in [-0.25, -0.2) is 0 Å². The predicted octanol–water partition coefficient (Wildman–Crippen LogP) is 3.35. The molecule has 0 bridgehead atoms. The van der Waals surface area contributed by atoms with Crippen molar-refractivity contribution in [3.8, 4) is 5.75 Å². The van der Waals surface area contributed by atoms with Crippen molar-refractivity contribution in [3.05, 3.63) is 59.7 Å². The fraction of sp³-hybridized carbons (Fsp3) is 0.263. The van der Waals surface area contributed by atoms with Crippen molar-refractivity contribution in [2.45, 2.75) is 18.2 Å². The average Bonchev–Trinajstić information content (AvgIpc) is 2.59. The van der Waals surface area contributed by atoms with E-state index in [1.807, 2.05) is 30.3 Å². The maximum absolute atomic E-state index is 12.1. The molecule has 0 aliphatic carbocycles. The Morgan fingerprint density at radius 3 is 2.54 bits per heavy atom. The summed E-state index contributed by atoms with van der Waals surface area (Å²) in [6.45, 7) is 2.10. The lowest BCUT2D eigenvalue weighted by molar-refractivity contribution is -0.120. The number of amides is 1. The number of carbonyl (C=O) groups excluding carboxylic acids is 2. The highest BCUT2D eigenvalue weighted by Gasteiger charge is 2.11. The molecule has 0 aliphatic rings. The highest BCUT2D eigenvalue weighted by molar-refractivity contribution is 7.99. The van der Waals surface area contributed by atoms with E-state index in [-0.39, 0.29) is 18.1 Å². The zero-order valence-corrected chi connectivity index (χ0v) is 14.7. The lowest BCUT2D eigenvalue weighted by Gasteiger charge is -2.10. The van der Waals surface area contributed by atoms with Crippen LogP contribution in [0.5, 0.6) is 5.75 Å². The highest BCUT2D eigenvalue weighted by Crippen LogP contribution is 2.21. The number of ether oxygens (including phenoxy) is 1. The topological polar surface area (TPSA) is 55.4 Å². The van der Waals surface area contributed by atoms with Gasteiger partial charge < -0.3 is 10.1 Å². The molecule has 1 amide bonds. The third-order valence-electron chi connectivity index (χ3n) is 3.47. The zero-order chi connectivity index (χ0) is 17.4. The maximum Gasteiger partial charge on any atom is 0.224 e. The van der Waals surface area contributed by atoms with E-state index in [9.17, 15) is 9.59 Å². The van der Waals surface area contributed by atoms with E-state index >= 15 is 0 Å². The van der Waals surface area contributed by atoms with Crippen LogP contribution in [0.3, 0.4) is 0 Å². The van der Waals surface area contributed by atoms with Crippen molar-refractivity contribution in [1.29, 1.82) is 0 Å². The Morgan fingerprint density at radius 1 is 1.12 bits per heavy atom. The molecule has 0 atom stereocenters. The standard InChI is InChI=1S/C19H21NO3S/c1-14(21)15-8-9-18(23-2)16(12-15)13-19(22)20-10-11-24-17-6-4-3-5-7-17/h3-9,12H,10-11,13H2,1-2H3,(H,20,22). The number of Topliss-reactive ketones (excluding diaryl/α,β-unsaturated/α-hetero) is 1. The summed E-state index contributed by atoms with van der Waals surface area (Å²) < 4.78 is 5.27. The molecule has 5 heteroatoms. The molecule has 0 aliphatic heterocycles. The van der Waals surface area contributed by atoms with Crippen molar-refractivity contribution in [2.75, 3.05) is 19.4 Å². The molecule has 0 saturated carbocycles. The third-order valence-corrected chi connectivity index (χ3v) is 4.49. The van der Waals surface area contributed by atoms with Gasteiger partial charge >= 0.3 is 0 Å². The minimum atomic E-state index is -0.0809. The molecule has 126 valence electrons. The van der Waals surface area contributed by atoms with Crippen molar-refractivity contribution in [3.63, 3.8) is 0 Å². The number of hydrogen-bond donors (Lipinski definition) is 1. The van der Waals surface area contributed by atoms with E-state index < -0.39 is 0 Å². The lowest BCUT2D eigenvalue weighted by atomic mass is 10.0. The fourth-order valence-corrected chi connectivity index (χ4v) is 3.04. The second kappa shape index (κ2) is 9.13. The van der Waals surface area contributed by atoms with Gasteiger partial charge in [-0.3, -0.25) is 9.59 Å². The van der Waals surface area contributed by atoms with Gasteiger partial charge in [0.1, 0.15) is 5.75 Å². The molecule has 0 heterocycles. The molecule has 0 aromatic heterocycles. The normalized spacial score (nSPS) is 10.2. The van der Waals surface area contributed by atoms with Crippen molar-refractivity contribution in [1.82, 2.24) is 5.32 Å². The first-order chi connectivity index (χ1) is 11.6. The number of methoxy groups -OCH3 is 1. The molecule has 0 fully saturated rings. The summed E-state index contributed by atoms with van der Waals surface area (Å²) in [4.78, 5) is 24.8. The third kappa shape index (κ3) is 5.42. The Kier molecular flexibility index (Phi) is 6.88. The first-order valence-electron chi connectivity index (χ1n) is 7.72. The SMILES string of the molecule is COc1ccc(C(C)=O)cc1CC(=O)NCCSc1ccccc1. The summed E-state index contributed by atoms with van der Waals surface area (Å²) in [7, 11) is 1.56. The molecular formula is C19H21NO3S. The van der Waals surface area contributed by atoms with Crippen LogP contribution in [0.2, 0.25) is 0 Å². The highest BCUT2D eigenvalue weighted by atomic mass is 32.2. The second-order valence-corrected chi connectivity index (χ2v) is 6.44. The number of carbonyl (C=O) groups is 2. The molecule has 2 aromatic carbocycles. The summed E-state index contributed by atoms with van der Waals surface area (Å²) in [6, 6.07) is 15.2. The van der Waals surface area contributed by atoms with E-state index in [0.29, 0.717) is 17.9 Å². The van der Waals surface area contributed by atoms with Gasteiger partial charge in [0.25, 0.3) is 0 Å². The summed E-state index contributed by atoms with van der Waals surface area (Å²) in [5.41, 5.74) is 1.30. The van der Waals surface area contributed by atoms with Crippen LogP contribution in [0.15, 0.2) is 53.4 Å². The monoisotopic (exact) mass is 343 g/mol. The Morgan fingerprint density at radius 2 is 1.88 bits per heavy atom. The number of hydrogen-bond acceptors (Lipinski definition) is 4. The molecule has 0 spiro atoms. The molecule has 0 unspecified atom stereocenters. The van der Waals surface area contributed by atoms with Crippen molar-refractivity contribution >= 4 is 23.5 Å². The van der Waals surface area contributed by atoms with Gasteiger partial charge in [-0.2, -0.15) is 0 Å². The lowest BCUT2D eigenvalue weighted by Crippen LogP contribution is -2.27. The molecule has 2 rings (SSSR count). The number of rotatable bonds is 8. The van der Waals surface area contributed by atoms with E-state index in [1.165, 1.54) is 11.8 Å². The largest absolute Gasteiger partial charge is 0.496 e. The van der Waals surface area contributed by atoms with E-state index in [1.54, 1.807) is 37.1 Å². The second-order valence-electron chi connectivity index (χ2n) is 5.27. The molecular weight excluding hydrogens is 322 g/mol. The van der Waals surface area contributed by atoms with Gasteiger partial charge in [-0.15, -0.1) is 11.8 Å². The van der Waals surface area contributed by atoms with Crippen molar-refractivity contribution in [2.24, 2.45) is 0 Å². The summed E-state index contributed by atoms with van der Waals surface area (Å²) >= 11 is 1.70. The van der Waals surface area contributed by atoms with E-state index in [4.69, 9.17) is 4.74 Å². The Bertz CT molecular complexity index is 701. The van der Waals surface area contributed by atoms with Gasteiger partial charge in [0, 0.05) is 28.3 Å². The molecule has 4 nitrogen and oxygen atoms in total. The first-order valence-corrected chi connectivity index (χ1v) is 8.71. The van der Waals surface area contributed by atoms with Crippen LogP contribution in [0, 0.1) is 0 Å². The van der Waals surface area contributed by atoms with E-state index in [0.717, 1.165) is 11.3 Å². The van der Waals surface area contributed by atoms with Crippen LogP contribution in [-0.2, 0) is 11.2 Å². The molecule has 0 saturated heterocycles. The van der Waals surface area contributed by atoms with Crippen molar-refractivity contribution < 1.29 is 14.3 Å². The zero-order valence-electron chi connectivity index (χ0n) is 13.9. The Balaban J connectivity index is 1.85. The van der Waals surface area contributed by atoms with Gasteiger partial charge in [0.2, 0.25) is 5.91 Å². The Labute approximate surface area is 146 Å². The summed E-state index contributed by atoms with van der Waals surface area (Å²) in [5.74, 6) is 1.32. The van der Waals surface area contributed by atoms with Crippen LogP contribution in [-0.4, -0.2) is 31.1 Å². The smallest absolute Gasteiger partial charge is 0.224 e. The minimum absolute atomic E-state index is 0.0291. The molecule has 24 heavy (non-hydrogen) atoms. The minimum Gasteiger partial charge on any atom is -0.496 e. The maximum atomic E-state index is 12.1. The molecule has 1 N–H and O–H groups in total. The van der Waals surface area contributed by atoms with Gasteiger partial charge in [0.05, 0.1) is 13.5 Å². The number of ketones is 1. The molecule has 2 aromatic rings.